The topological polar surface area (TPSA) is 128 Å². The minimum Gasteiger partial charge on any atom is -0.480 e. The highest BCUT2D eigenvalue weighted by Gasteiger charge is 2.54. The van der Waals surface area contributed by atoms with Crippen LogP contribution in [0.1, 0.15) is 54.3 Å². The monoisotopic (exact) mass is 460 g/mol. The number of hydrogen-bond donors (Lipinski definition) is 2. The Labute approximate surface area is 193 Å². The molecule has 1 aliphatic rings. The van der Waals surface area contributed by atoms with Crippen LogP contribution in [0.4, 0.5) is 10.5 Å². The molecule has 2 N–H and O–H groups in total. The van der Waals surface area contributed by atoms with Gasteiger partial charge in [-0.3, -0.25) is 10.1 Å². The second-order valence-corrected chi connectivity index (χ2v) is 8.20. The number of nitrogens with zero attached hydrogens (tertiary/aromatic N) is 1. The molecule has 172 valence electrons. The lowest BCUT2D eigenvalue weighted by molar-refractivity contribution is -0.140. The molecule has 1 fully saturated rings. The molecule has 0 bridgehead atoms. The highest BCUT2D eigenvalue weighted by molar-refractivity contribution is 5.87. The molecule has 3 heterocycles. The van der Waals surface area contributed by atoms with Crippen molar-refractivity contribution in [1.29, 1.82) is 0 Å². The van der Waals surface area contributed by atoms with E-state index >= 15 is 0 Å². The number of nitrogens with one attached hydrogen (secondary N) is 1. The standard InChI is InChI=1S/C25H20N2O7/c1-14-5-3-4-6-18(14)15(2)31-24(30)27-19-13-26-34-20(19)8-7-17-11-16-12-21(33-22(16)32-17)25(9-10-25)23(28)29/h3-6,11-13,15H,9-10H2,1-2H3,(H,27,30)(H,28,29). The summed E-state index contributed by atoms with van der Waals surface area (Å²) in [6.45, 7) is 3.74. The van der Waals surface area contributed by atoms with E-state index in [9.17, 15) is 14.7 Å². The Hall–Kier alpha value is -4.45. The van der Waals surface area contributed by atoms with Gasteiger partial charge in [0.15, 0.2) is 5.76 Å². The van der Waals surface area contributed by atoms with Gasteiger partial charge < -0.3 is 23.2 Å². The molecular formula is C25H20N2O7. The minimum atomic E-state index is -0.945. The van der Waals surface area contributed by atoms with E-state index in [-0.39, 0.29) is 17.2 Å². The third kappa shape index (κ3) is 3.90. The van der Waals surface area contributed by atoms with Gasteiger partial charge in [0, 0.05) is 6.07 Å². The summed E-state index contributed by atoms with van der Waals surface area (Å²) in [5.41, 5.74) is 1.23. The molecule has 1 aromatic carbocycles. The largest absolute Gasteiger partial charge is 0.480 e. The van der Waals surface area contributed by atoms with Gasteiger partial charge in [0.25, 0.3) is 5.78 Å². The number of furan rings is 2. The number of amides is 1. The maximum absolute atomic E-state index is 12.4. The average Bonchev–Trinajstić information content (AvgIpc) is 3.12. The molecule has 0 saturated heterocycles. The molecule has 1 aliphatic carbocycles. The Balaban J connectivity index is 1.27. The summed E-state index contributed by atoms with van der Waals surface area (Å²) in [4.78, 5) is 23.8. The van der Waals surface area contributed by atoms with Crippen LogP contribution in [-0.2, 0) is 14.9 Å². The Kier molecular flexibility index (Phi) is 5.13. The number of carboxylic acids is 1. The Morgan fingerprint density at radius 2 is 2.00 bits per heavy atom. The Morgan fingerprint density at radius 1 is 1.21 bits per heavy atom. The molecule has 4 aromatic rings. The van der Waals surface area contributed by atoms with Gasteiger partial charge in [-0.05, 0) is 55.7 Å². The van der Waals surface area contributed by atoms with Gasteiger partial charge in [-0.25, -0.2) is 4.79 Å². The van der Waals surface area contributed by atoms with Gasteiger partial charge >= 0.3 is 12.1 Å². The van der Waals surface area contributed by atoms with E-state index < -0.39 is 23.6 Å². The molecule has 0 radical (unpaired) electrons. The molecule has 5 rings (SSSR count). The van der Waals surface area contributed by atoms with Crippen molar-refractivity contribution in [3.05, 3.63) is 71.0 Å². The molecular weight excluding hydrogens is 440 g/mol. The van der Waals surface area contributed by atoms with Crippen LogP contribution in [0.5, 0.6) is 0 Å². The van der Waals surface area contributed by atoms with Crippen LogP contribution in [0.15, 0.2) is 56.0 Å². The summed E-state index contributed by atoms with van der Waals surface area (Å²) in [5, 5.41) is 16.3. The van der Waals surface area contributed by atoms with Crippen molar-refractivity contribution >= 4 is 28.9 Å². The summed E-state index contributed by atoms with van der Waals surface area (Å²) >= 11 is 0. The Bertz CT molecular complexity index is 1430. The van der Waals surface area contributed by atoms with Crippen LogP contribution in [0.25, 0.3) is 11.2 Å². The normalized spacial score (nSPS) is 14.8. The van der Waals surface area contributed by atoms with Crippen molar-refractivity contribution < 1.29 is 32.8 Å². The van der Waals surface area contributed by atoms with Crippen molar-refractivity contribution in [1.82, 2.24) is 5.16 Å². The van der Waals surface area contributed by atoms with Gasteiger partial charge in [-0.2, -0.15) is 0 Å². The molecule has 1 unspecified atom stereocenters. The SMILES string of the molecule is Cc1ccccc1C(C)OC(=O)Nc1cnoc1C#Cc1cc2cc(C3(C(=O)O)CC3)oc2o1. The lowest BCUT2D eigenvalue weighted by Gasteiger charge is -2.15. The number of aromatic nitrogens is 1. The first-order chi connectivity index (χ1) is 16.4. The molecule has 34 heavy (non-hydrogen) atoms. The van der Waals surface area contributed by atoms with Crippen molar-refractivity contribution in [3.8, 4) is 11.8 Å². The molecule has 0 spiro atoms. The summed E-state index contributed by atoms with van der Waals surface area (Å²) in [7, 11) is 0. The van der Waals surface area contributed by atoms with E-state index in [4.69, 9.17) is 18.1 Å². The maximum atomic E-state index is 12.4. The maximum Gasteiger partial charge on any atom is 0.412 e. The predicted molar refractivity (Wildman–Crippen MR) is 119 cm³/mol. The third-order valence-corrected chi connectivity index (χ3v) is 5.86. The fourth-order valence-corrected chi connectivity index (χ4v) is 3.77. The lowest BCUT2D eigenvalue weighted by Crippen LogP contribution is -2.18. The zero-order chi connectivity index (χ0) is 23.9. The molecule has 0 aliphatic heterocycles. The van der Waals surface area contributed by atoms with Crippen LogP contribution in [-0.4, -0.2) is 22.3 Å². The van der Waals surface area contributed by atoms with Gasteiger partial charge in [-0.15, -0.1) is 0 Å². The van der Waals surface area contributed by atoms with Crippen LogP contribution in [0, 0.1) is 18.8 Å². The molecule has 1 atom stereocenters. The zero-order valence-electron chi connectivity index (χ0n) is 18.4. The fraction of sp³-hybridized carbons (Fsp3) is 0.240. The highest BCUT2D eigenvalue weighted by atomic mass is 16.6. The van der Waals surface area contributed by atoms with Crippen LogP contribution >= 0.6 is 0 Å². The van der Waals surface area contributed by atoms with Gasteiger partial charge in [0.2, 0.25) is 5.76 Å². The number of hydrogen-bond acceptors (Lipinski definition) is 7. The highest BCUT2D eigenvalue weighted by Crippen LogP contribution is 2.50. The first-order valence-corrected chi connectivity index (χ1v) is 10.6. The molecule has 3 aromatic heterocycles. The summed E-state index contributed by atoms with van der Waals surface area (Å²) in [6, 6.07) is 11.0. The number of ether oxygens (including phenoxy) is 1. The van der Waals surface area contributed by atoms with E-state index in [0.717, 1.165) is 11.1 Å². The number of aryl methyl sites for hydroxylation is 1. The molecule has 9 heteroatoms. The number of carbonyl (C=O) groups is 2. The lowest BCUT2D eigenvalue weighted by atomic mass is 10.0. The number of aliphatic carboxylic acids is 1. The summed E-state index contributed by atoms with van der Waals surface area (Å²) in [6.07, 6.45) is 1.29. The van der Waals surface area contributed by atoms with Crippen LogP contribution in [0.2, 0.25) is 0 Å². The second kappa shape index (κ2) is 8.15. The van der Waals surface area contributed by atoms with Crippen molar-refractivity contribution in [2.45, 2.75) is 38.2 Å². The quantitative estimate of drug-likeness (QED) is 0.392. The van der Waals surface area contributed by atoms with E-state index in [1.807, 2.05) is 31.2 Å². The Morgan fingerprint density at radius 3 is 2.71 bits per heavy atom. The number of fused-ring (bicyclic) bond motifs is 1. The summed E-state index contributed by atoms with van der Waals surface area (Å²) in [5.74, 6) is 5.64. The zero-order valence-corrected chi connectivity index (χ0v) is 18.4. The number of carbonyl (C=O) groups excluding carboxylic acids is 1. The first-order valence-electron chi connectivity index (χ1n) is 10.6. The van der Waals surface area contributed by atoms with Crippen molar-refractivity contribution in [2.24, 2.45) is 0 Å². The molecule has 9 nitrogen and oxygen atoms in total. The van der Waals surface area contributed by atoms with E-state index in [1.165, 1.54) is 6.20 Å². The molecule has 1 saturated carbocycles. The van der Waals surface area contributed by atoms with Crippen LogP contribution in [0.3, 0.4) is 0 Å². The van der Waals surface area contributed by atoms with Crippen molar-refractivity contribution in [2.75, 3.05) is 5.32 Å². The smallest absolute Gasteiger partial charge is 0.412 e. The fourth-order valence-electron chi connectivity index (χ4n) is 3.77. The van der Waals surface area contributed by atoms with Gasteiger partial charge in [0.1, 0.15) is 23.0 Å². The number of rotatable bonds is 5. The number of carboxylic acid groups (broad SMARTS) is 1. The third-order valence-electron chi connectivity index (χ3n) is 5.86. The number of benzene rings is 1. The van der Waals surface area contributed by atoms with E-state index in [2.05, 4.69) is 22.3 Å². The first kappa shape index (κ1) is 21.4. The minimum absolute atomic E-state index is 0.122. The van der Waals surface area contributed by atoms with E-state index in [1.54, 1.807) is 19.1 Å². The van der Waals surface area contributed by atoms with Crippen LogP contribution < -0.4 is 5.32 Å². The predicted octanol–water partition coefficient (Wildman–Crippen LogP) is 5.15. The molecule has 1 amide bonds. The average molecular weight is 460 g/mol. The van der Waals surface area contributed by atoms with Gasteiger partial charge in [0.05, 0.1) is 11.6 Å². The van der Waals surface area contributed by atoms with Gasteiger partial charge in [-0.1, -0.05) is 29.4 Å². The number of anilines is 1. The van der Waals surface area contributed by atoms with E-state index in [0.29, 0.717) is 29.7 Å². The summed E-state index contributed by atoms with van der Waals surface area (Å²) < 4.78 is 21.8. The second-order valence-electron chi connectivity index (χ2n) is 8.20. The van der Waals surface area contributed by atoms with Crippen molar-refractivity contribution in [3.63, 3.8) is 0 Å².